The van der Waals surface area contributed by atoms with Crippen molar-refractivity contribution in [1.29, 1.82) is 0 Å². The van der Waals surface area contributed by atoms with Crippen molar-refractivity contribution in [2.45, 2.75) is 76.7 Å². The minimum atomic E-state index is -0.642. The molecule has 94 valence electrons. The molecule has 0 heterocycles. The minimum Gasteiger partial charge on any atom is -0.450 e. The summed E-state index contributed by atoms with van der Waals surface area (Å²) in [6, 6.07) is 0. The average Bonchev–Trinajstić information content (AvgIpc) is 2.21. The third kappa shape index (κ3) is 7.10. The molecule has 1 rings (SSSR count). The van der Waals surface area contributed by atoms with Crippen molar-refractivity contribution < 1.29 is 9.53 Å². The number of carbonyl (C=O) groups is 1. The van der Waals surface area contributed by atoms with Crippen molar-refractivity contribution in [2.24, 2.45) is 0 Å². The molecule has 3 heteroatoms. The summed E-state index contributed by atoms with van der Waals surface area (Å²) in [4.78, 5) is 10.7. The van der Waals surface area contributed by atoms with Gasteiger partial charge in [-0.05, 0) is 25.7 Å². The van der Waals surface area contributed by atoms with Crippen LogP contribution in [-0.2, 0) is 4.74 Å². The Bertz CT molecular complexity index is 182. The number of rotatable bonds is 1. The molecule has 0 unspecified atom stereocenters. The van der Waals surface area contributed by atoms with Gasteiger partial charge in [-0.25, -0.2) is 4.79 Å². The van der Waals surface area contributed by atoms with Gasteiger partial charge < -0.3 is 4.74 Å². The van der Waals surface area contributed by atoms with Crippen LogP contribution in [0, 0.1) is 0 Å². The minimum absolute atomic E-state index is 0.0597. The van der Waals surface area contributed by atoms with E-state index in [0.717, 1.165) is 25.7 Å². The maximum Gasteiger partial charge on any atom is 0.404 e. The predicted molar refractivity (Wildman–Crippen MR) is 66.9 cm³/mol. The highest BCUT2D eigenvalue weighted by Crippen LogP contribution is 2.19. The fraction of sp³-hybridized carbons (Fsp3) is 0.923. The van der Waals surface area contributed by atoms with Gasteiger partial charge in [0.1, 0.15) is 6.10 Å². The second-order valence-corrected chi connectivity index (χ2v) is 5.05. The Morgan fingerprint density at radius 1 is 0.812 bits per heavy atom. The monoisotopic (exact) mass is 246 g/mol. The zero-order valence-corrected chi connectivity index (χ0v) is 10.8. The van der Waals surface area contributed by atoms with Gasteiger partial charge >= 0.3 is 5.43 Å². The van der Waals surface area contributed by atoms with Gasteiger partial charge in [-0.2, -0.15) is 0 Å². The third-order valence-corrected chi connectivity index (χ3v) is 3.40. The van der Waals surface area contributed by atoms with E-state index in [1.54, 1.807) is 0 Å². The number of hydrogen-bond acceptors (Lipinski definition) is 2. The summed E-state index contributed by atoms with van der Waals surface area (Å²) >= 11 is 5.28. The van der Waals surface area contributed by atoms with Crippen LogP contribution in [0.2, 0.25) is 0 Å². The summed E-state index contributed by atoms with van der Waals surface area (Å²) < 4.78 is 5.12. The van der Waals surface area contributed by atoms with E-state index < -0.39 is 5.43 Å². The maximum atomic E-state index is 10.7. The van der Waals surface area contributed by atoms with Crippen LogP contribution in [-0.4, -0.2) is 11.5 Å². The van der Waals surface area contributed by atoms with E-state index in [1.807, 2.05) is 0 Å². The standard InChI is InChI=1S/C13H23ClO2/c14-13(15)16-12-10-8-6-4-2-1-3-5-7-9-11-12/h12H,1-11H2. The molecule has 1 aliphatic rings. The molecule has 0 aromatic heterocycles. The maximum absolute atomic E-state index is 10.7. The van der Waals surface area contributed by atoms with Gasteiger partial charge in [0.15, 0.2) is 0 Å². The lowest BCUT2D eigenvalue weighted by atomic mass is 9.99. The summed E-state index contributed by atoms with van der Waals surface area (Å²) in [5, 5.41) is 0. The molecule has 0 bridgehead atoms. The number of carbonyl (C=O) groups excluding carboxylic acids is 1. The van der Waals surface area contributed by atoms with E-state index >= 15 is 0 Å². The van der Waals surface area contributed by atoms with Gasteiger partial charge in [0.25, 0.3) is 0 Å². The Labute approximate surface area is 104 Å². The summed E-state index contributed by atoms with van der Waals surface area (Å²) in [6.07, 6.45) is 13.6. The second kappa shape index (κ2) is 8.86. The molecular weight excluding hydrogens is 224 g/mol. The van der Waals surface area contributed by atoms with Crippen LogP contribution < -0.4 is 0 Å². The summed E-state index contributed by atoms with van der Waals surface area (Å²) in [5.74, 6) is 0. The smallest absolute Gasteiger partial charge is 0.404 e. The van der Waals surface area contributed by atoms with E-state index in [0.29, 0.717) is 0 Å². The molecule has 0 spiro atoms. The van der Waals surface area contributed by atoms with Crippen molar-refractivity contribution in [3.8, 4) is 0 Å². The van der Waals surface area contributed by atoms with Crippen LogP contribution >= 0.6 is 11.6 Å². The van der Waals surface area contributed by atoms with Crippen molar-refractivity contribution in [2.75, 3.05) is 0 Å². The number of hydrogen-bond donors (Lipinski definition) is 0. The number of halogens is 1. The van der Waals surface area contributed by atoms with Crippen LogP contribution in [0.4, 0.5) is 4.79 Å². The molecule has 1 fully saturated rings. The fourth-order valence-corrected chi connectivity index (χ4v) is 2.50. The van der Waals surface area contributed by atoms with Gasteiger partial charge in [0, 0.05) is 11.6 Å². The summed E-state index contributed by atoms with van der Waals surface area (Å²) in [5.41, 5.74) is -0.642. The second-order valence-electron chi connectivity index (χ2n) is 4.74. The first-order chi connectivity index (χ1) is 7.79. The van der Waals surface area contributed by atoms with Crippen molar-refractivity contribution in [3.63, 3.8) is 0 Å². The molecule has 0 aromatic carbocycles. The first-order valence-electron chi connectivity index (χ1n) is 6.65. The van der Waals surface area contributed by atoms with E-state index in [2.05, 4.69) is 0 Å². The Kier molecular flexibility index (Phi) is 7.65. The van der Waals surface area contributed by atoms with Gasteiger partial charge in [-0.15, -0.1) is 0 Å². The van der Waals surface area contributed by atoms with E-state index in [-0.39, 0.29) is 6.10 Å². The highest BCUT2D eigenvalue weighted by atomic mass is 35.5. The lowest BCUT2D eigenvalue weighted by Crippen LogP contribution is -2.14. The molecule has 0 atom stereocenters. The molecule has 1 saturated carbocycles. The molecule has 0 amide bonds. The summed E-state index contributed by atoms with van der Waals surface area (Å²) in [6.45, 7) is 0. The van der Waals surface area contributed by atoms with Crippen molar-refractivity contribution >= 4 is 17.0 Å². The lowest BCUT2D eigenvalue weighted by molar-refractivity contribution is 0.105. The van der Waals surface area contributed by atoms with Gasteiger partial charge in [0.2, 0.25) is 0 Å². The SMILES string of the molecule is O=C(Cl)OC1CCCCCCCCCCC1. The normalized spacial score (nSPS) is 21.8. The van der Waals surface area contributed by atoms with E-state index in [9.17, 15) is 4.79 Å². The van der Waals surface area contributed by atoms with Gasteiger partial charge in [-0.3, -0.25) is 0 Å². The molecule has 1 aliphatic carbocycles. The van der Waals surface area contributed by atoms with E-state index in [1.165, 1.54) is 44.9 Å². The zero-order chi connectivity index (χ0) is 11.6. The Morgan fingerprint density at radius 2 is 1.19 bits per heavy atom. The molecule has 0 N–H and O–H groups in total. The molecule has 16 heavy (non-hydrogen) atoms. The van der Waals surface area contributed by atoms with E-state index in [4.69, 9.17) is 16.3 Å². The van der Waals surface area contributed by atoms with Crippen LogP contribution in [0.15, 0.2) is 0 Å². The Morgan fingerprint density at radius 3 is 1.56 bits per heavy atom. The largest absolute Gasteiger partial charge is 0.450 e. The molecule has 0 aliphatic heterocycles. The highest BCUT2D eigenvalue weighted by Gasteiger charge is 2.12. The molecule has 0 aromatic rings. The molecular formula is C13H23ClO2. The Balaban J connectivity index is 2.27. The topological polar surface area (TPSA) is 26.3 Å². The molecule has 2 nitrogen and oxygen atoms in total. The van der Waals surface area contributed by atoms with Crippen LogP contribution in [0.5, 0.6) is 0 Å². The first-order valence-corrected chi connectivity index (χ1v) is 7.03. The van der Waals surface area contributed by atoms with Crippen LogP contribution in [0.1, 0.15) is 70.6 Å². The van der Waals surface area contributed by atoms with Gasteiger partial charge in [0.05, 0.1) is 0 Å². The average molecular weight is 247 g/mol. The highest BCUT2D eigenvalue weighted by molar-refractivity contribution is 6.61. The van der Waals surface area contributed by atoms with Crippen LogP contribution in [0.3, 0.4) is 0 Å². The predicted octanol–water partition coefficient (Wildman–Crippen LogP) is 5.04. The van der Waals surface area contributed by atoms with Crippen LogP contribution in [0.25, 0.3) is 0 Å². The quantitative estimate of drug-likeness (QED) is 0.606. The first kappa shape index (κ1) is 13.8. The fourth-order valence-electron chi connectivity index (χ4n) is 2.37. The van der Waals surface area contributed by atoms with Crippen molar-refractivity contribution in [1.82, 2.24) is 0 Å². The summed E-state index contributed by atoms with van der Waals surface area (Å²) in [7, 11) is 0. The zero-order valence-electron chi connectivity index (χ0n) is 10.0. The number of ether oxygens (including phenoxy) is 1. The lowest BCUT2D eigenvalue weighted by Gasteiger charge is -2.16. The van der Waals surface area contributed by atoms with Gasteiger partial charge in [-0.1, -0.05) is 44.9 Å². The third-order valence-electron chi connectivity index (χ3n) is 3.31. The molecule has 0 saturated heterocycles. The molecule has 0 radical (unpaired) electrons. The van der Waals surface area contributed by atoms with Crippen molar-refractivity contribution in [3.05, 3.63) is 0 Å². The Hall–Kier alpha value is -0.240.